The number of ether oxygens (including phenoxy) is 1. The molecule has 0 aliphatic carbocycles. The Kier molecular flexibility index (Phi) is 7.05. The maximum atomic E-state index is 12.8. The van der Waals surface area contributed by atoms with E-state index in [2.05, 4.69) is 20.7 Å². The molecule has 3 rings (SSSR count). The van der Waals surface area contributed by atoms with Gasteiger partial charge < -0.3 is 15.4 Å². The Balaban J connectivity index is 1.84. The van der Waals surface area contributed by atoms with Gasteiger partial charge in [-0.05, 0) is 28.8 Å². The van der Waals surface area contributed by atoms with Crippen molar-refractivity contribution in [3.05, 3.63) is 73.6 Å². The molecule has 0 unspecified atom stereocenters. The molecule has 1 heterocycles. The van der Waals surface area contributed by atoms with E-state index in [4.69, 9.17) is 33.5 Å². The lowest BCUT2D eigenvalue weighted by Gasteiger charge is -2.33. The van der Waals surface area contributed by atoms with Crippen LogP contribution in [0.4, 0.5) is 5.69 Å². The monoisotopic (exact) mass is 447 g/mol. The van der Waals surface area contributed by atoms with E-state index < -0.39 is 18.1 Å². The van der Waals surface area contributed by atoms with E-state index in [0.29, 0.717) is 21.3 Å². The zero-order valence-corrected chi connectivity index (χ0v) is 17.6. The molecule has 0 saturated carbocycles. The molecule has 0 fully saturated rings. The third-order valence-electron chi connectivity index (χ3n) is 4.84. The standard InChI is InChI=1S/C20H19Cl2N5O3/c1-30-20(29)17-9-16(19-14(22)7-13(21)8-15(19)25-17)26-18(28)6-11-4-2-3-5-12(11)10-24-27-23/h2-5,7-8,16-17,25H,6,9-10H2,1H3,(H,26,28)/t16-,17+/m0/s1. The quantitative estimate of drug-likeness (QED) is 0.292. The molecule has 0 saturated heterocycles. The van der Waals surface area contributed by atoms with Crippen LogP contribution in [0.2, 0.25) is 10.0 Å². The van der Waals surface area contributed by atoms with Crippen molar-refractivity contribution >= 4 is 40.8 Å². The fraction of sp³-hybridized carbons (Fsp3) is 0.300. The van der Waals surface area contributed by atoms with Gasteiger partial charge >= 0.3 is 5.97 Å². The Morgan fingerprint density at radius 2 is 2.03 bits per heavy atom. The molecule has 0 radical (unpaired) electrons. The second-order valence-corrected chi connectivity index (χ2v) is 7.60. The first kappa shape index (κ1) is 21.8. The van der Waals surface area contributed by atoms with Crippen molar-refractivity contribution < 1.29 is 14.3 Å². The third kappa shape index (κ3) is 4.97. The van der Waals surface area contributed by atoms with Crippen molar-refractivity contribution in [2.45, 2.75) is 31.5 Å². The summed E-state index contributed by atoms with van der Waals surface area (Å²) in [6.45, 7) is 0.158. The van der Waals surface area contributed by atoms with Gasteiger partial charge in [-0.15, -0.1) is 0 Å². The summed E-state index contributed by atoms with van der Waals surface area (Å²) in [5.74, 6) is -0.702. The fourth-order valence-corrected chi connectivity index (χ4v) is 4.12. The maximum absolute atomic E-state index is 12.8. The normalized spacial score (nSPS) is 17.2. The third-order valence-corrected chi connectivity index (χ3v) is 5.37. The number of halogens is 2. The average Bonchev–Trinajstić information content (AvgIpc) is 2.71. The number of carbonyl (C=O) groups excluding carboxylic acids is 2. The van der Waals surface area contributed by atoms with Crippen molar-refractivity contribution in [3.63, 3.8) is 0 Å². The minimum atomic E-state index is -0.653. The zero-order valence-electron chi connectivity index (χ0n) is 16.1. The van der Waals surface area contributed by atoms with Crippen molar-refractivity contribution in [2.75, 3.05) is 12.4 Å². The van der Waals surface area contributed by atoms with Crippen LogP contribution in [0.5, 0.6) is 0 Å². The van der Waals surface area contributed by atoms with Gasteiger partial charge in [0.2, 0.25) is 5.91 Å². The predicted octanol–water partition coefficient (Wildman–Crippen LogP) is 4.56. The minimum Gasteiger partial charge on any atom is -0.467 e. The van der Waals surface area contributed by atoms with E-state index in [1.165, 1.54) is 7.11 Å². The number of rotatable bonds is 6. The van der Waals surface area contributed by atoms with E-state index in [1.54, 1.807) is 12.1 Å². The first-order valence-corrected chi connectivity index (χ1v) is 9.88. The fourth-order valence-electron chi connectivity index (χ4n) is 3.50. The SMILES string of the molecule is COC(=O)[C@H]1C[C@H](NC(=O)Cc2ccccc2CN=[N+]=[N-])c2c(Cl)cc(Cl)cc2N1. The second-order valence-electron chi connectivity index (χ2n) is 6.76. The number of nitrogens with zero attached hydrogens (tertiary/aromatic N) is 3. The van der Waals surface area contributed by atoms with Gasteiger partial charge in [0.25, 0.3) is 0 Å². The molecule has 2 aromatic carbocycles. The highest BCUT2D eigenvalue weighted by atomic mass is 35.5. The molecule has 0 bridgehead atoms. The molecule has 156 valence electrons. The summed E-state index contributed by atoms with van der Waals surface area (Å²) in [5, 5.41) is 10.4. The van der Waals surface area contributed by atoms with Crippen LogP contribution in [0, 0.1) is 0 Å². The molecule has 2 atom stereocenters. The summed E-state index contributed by atoms with van der Waals surface area (Å²) in [6.07, 6.45) is 0.359. The Labute approximate surface area is 183 Å². The minimum absolute atomic E-state index is 0.0878. The van der Waals surface area contributed by atoms with Crippen LogP contribution < -0.4 is 10.6 Å². The van der Waals surface area contributed by atoms with Gasteiger partial charge in [-0.1, -0.05) is 52.6 Å². The van der Waals surface area contributed by atoms with Crippen LogP contribution in [0.15, 0.2) is 41.5 Å². The summed E-state index contributed by atoms with van der Waals surface area (Å²) in [6, 6.07) is 9.34. The molecule has 10 heteroatoms. The molecule has 2 aromatic rings. The van der Waals surface area contributed by atoms with E-state index in [0.717, 1.165) is 11.1 Å². The molecule has 1 aliphatic heterocycles. The van der Waals surface area contributed by atoms with Gasteiger partial charge in [0, 0.05) is 32.6 Å². The number of carbonyl (C=O) groups is 2. The number of methoxy groups -OCH3 is 1. The largest absolute Gasteiger partial charge is 0.467 e. The van der Waals surface area contributed by atoms with E-state index in [9.17, 15) is 9.59 Å². The molecule has 30 heavy (non-hydrogen) atoms. The Hall–Kier alpha value is -2.93. The van der Waals surface area contributed by atoms with Crippen LogP contribution in [-0.2, 0) is 27.3 Å². The maximum Gasteiger partial charge on any atom is 0.328 e. The van der Waals surface area contributed by atoms with Crippen molar-refractivity contribution in [1.82, 2.24) is 5.32 Å². The van der Waals surface area contributed by atoms with Gasteiger partial charge in [-0.25, -0.2) is 4.79 Å². The molecule has 1 aliphatic rings. The van der Waals surface area contributed by atoms with Gasteiger partial charge in [0.05, 0.1) is 26.1 Å². The zero-order chi connectivity index (χ0) is 21.7. The number of nitrogens with one attached hydrogen (secondary N) is 2. The van der Waals surface area contributed by atoms with Gasteiger partial charge in [-0.3, -0.25) is 4.79 Å². The topological polar surface area (TPSA) is 116 Å². The summed E-state index contributed by atoms with van der Waals surface area (Å²) in [7, 11) is 1.30. The molecule has 1 amide bonds. The lowest BCUT2D eigenvalue weighted by atomic mass is 9.92. The first-order chi connectivity index (χ1) is 14.4. The van der Waals surface area contributed by atoms with Crippen molar-refractivity contribution in [2.24, 2.45) is 5.11 Å². The summed E-state index contributed by atoms with van der Waals surface area (Å²) in [4.78, 5) is 27.7. The van der Waals surface area contributed by atoms with E-state index >= 15 is 0 Å². The number of benzene rings is 2. The second kappa shape index (κ2) is 9.71. The first-order valence-electron chi connectivity index (χ1n) is 9.13. The lowest BCUT2D eigenvalue weighted by molar-refractivity contribution is -0.142. The smallest absolute Gasteiger partial charge is 0.328 e. The Bertz CT molecular complexity index is 1020. The number of hydrogen-bond donors (Lipinski definition) is 2. The number of hydrogen-bond acceptors (Lipinski definition) is 5. The van der Waals surface area contributed by atoms with Crippen LogP contribution in [0.1, 0.15) is 29.2 Å². The molecule has 8 nitrogen and oxygen atoms in total. The molecule has 0 aromatic heterocycles. The highest BCUT2D eigenvalue weighted by Crippen LogP contribution is 2.40. The van der Waals surface area contributed by atoms with Crippen molar-refractivity contribution in [1.29, 1.82) is 0 Å². The summed E-state index contributed by atoms with van der Waals surface area (Å²) < 4.78 is 4.85. The highest BCUT2D eigenvalue weighted by Gasteiger charge is 2.34. The molecule has 0 spiro atoms. The average molecular weight is 448 g/mol. The van der Waals surface area contributed by atoms with Crippen molar-refractivity contribution in [3.8, 4) is 0 Å². The Morgan fingerprint density at radius 1 is 1.30 bits per heavy atom. The number of fused-ring (bicyclic) bond motifs is 1. The Morgan fingerprint density at radius 3 is 2.73 bits per heavy atom. The van der Waals surface area contributed by atoms with Gasteiger partial charge in [0.1, 0.15) is 6.04 Å². The van der Waals surface area contributed by atoms with E-state index in [-0.39, 0.29) is 25.3 Å². The van der Waals surface area contributed by atoms with Gasteiger partial charge in [0.15, 0.2) is 0 Å². The number of anilines is 1. The van der Waals surface area contributed by atoms with Crippen LogP contribution in [0.25, 0.3) is 10.4 Å². The number of esters is 1. The number of amides is 1. The molecular formula is C20H19Cl2N5O3. The summed E-state index contributed by atoms with van der Waals surface area (Å²) in [5.41, 5.74) is 11.3. The predicted molar refractivity (Wildman–Crippen MR) is 114 cm³/mol. The van der Waals surface area contributed by atoms with Crippen LogP contribution in [0.3, 0.4) is 0 Å². The van der Waals surface area contributed by atoms with Crippen LogP contribution >= 0.6 is 23.2 Å². The lowest BCUT2D eigenvalue weighted by Crippen LogP contribution is -2.42. The highest BCUT2D eigenvalue weighted by molar-refractivity contribution is 6.35. The number of azide groups is 1. The summed E-state index contributed by atoms with van der Waals surface area (Å²) >= 11 is 12.5. The molecule has 2 N–H and O–H groups in total. The van der Waals surface area contributed by atoms with Crippen LogP contribution in [-0.4, -0.2) is 25.0 Å². The molecular weight excluding hydrogens is 429 g/mol. The van der Waals surface area contributed by atoms with E-state index in [1.807, 2.05) is 24.3 Å². The van der Waals surface area contributed by atoms with Gasteiger partial charge in [-0.2, -0.15) is 0 Å².